The van der Waals surface area contributed by atoms with E-state index in [-0.39, 0.29) is 4.90 Å². The van der Waals surface area contributed by atoms with Crippen molar-refractivity contribution in [2.24, 2.45) is 5.92 Å². The fraction of sp³-hybridized carbons (Fsp3) is 0.750. The molecule has 108 valence electrons. The van der Waals surface area contributed by atoms with Crippen molar-refractivity contribution in [3.8, 4) is 0 Å². The van der Waals surface area contributed by atoms with Crippen LogP contribution in [-0.4, -0.2) is 49.7 Å². The Morgan fingerprint density at radius 2 is 2.16 bits per heavy atom. The zero-order valence-corrected chi connectivity index (χ0v) is 12.3. The fourth-order valence-electron chi connectivity index (χ4n) is 2.31. The van der Waals surface area contributed by atoms with Gasteiger partial charge in [-0.25, -0.2) is 13.1 Å². The van der Waals surface area contributed by atoms with E-state index in [1.165, 1.54) is 19.0 Å². The number of aromatic nitrogens is 2. The van der Waals surface area contributed by atoms with Crippen LogP contribution in [-0.2, 0) is 10.0 Å². The van der Waals surface area contributed by atoms with Crippen molar-refractivity contribution in [1.82, 2.24) is 19.8 Å². The SMILES string of the molecule is Cc1[nH]ncc1S(=O)(=O)NCCN1CCC(C)CC1. The summed E-state index contributed by atoms with van der Waals surface area (Å²) in [6.45, 7) is 7.31. The molecule has 1 aromatic heterocycles. The first-order valence-corrected chi connectivity index (χ1v) is 8.19. The number of nitrogens with zero attached hydrogens (tertiary/aromatic N) is 2. The topological polar surface area (TPSA) is 78.1 Å². The monoisotopic (exact) mass is 286 g/mol. The number of piperidine rings is 1. The van der Waals surface area contributed by atoms with E-state index in [1.54, 1.807) is 6.92 Å². The maximum atomic E-state index is 12.0. The predicted molar refractivity (Wildman–Crippen MR) is 73.4 cm³/mol. The first-order chi connectivity index (χ1) is 8.99. The van der Waals surface area contributed by atoms with Gasteiger partial charge in [-0.3, -0.25) is 5.10 Å². The van der Waals surface area contributed by atoms with Gasteiger partial charge in [-0.15, -0.1) is 0 Å². The molecule has 2 heterocycles. The largest absolute Gasteiger partial charge is 0.302 e. The second-order valence-electron chi connectivity index (χ2n) is 5.28. The van der Waals surface area contributed by atoms with Crippen LogP contribution in [0.2, 0.25) is 0 Å². The van der Waals surface area contributed by atoms with E-state index in [2.05, 4.69) is 26.7 Å². The Morgan fingerprint density at radius 1 is 1.47 bits per heavy atom. The van der Waals surface area contributed by atoms with Crippen LogP contribution in [0.5, 0.6) is 0 Å². The Labute approximate surface area is 114 Å². The summed E-state index contributed by atoms with van der Waals surface area (Å²) < 4.78 is 26.7. The maximum absolute atomic E-state index is 12.0. The Balaban J connectivity index is 1.81. The molecule has 1 fully saturated rings. The number of aromatic amines is 1. The van der Waals surface area contributed by atoms with Gasteiger partial charge in [0.05, 0.1) is 11.9 Å². The lowest BCUT2D eigenvalue weighted by molar-refractivity contribution is 0.195. The van der Waals surface area contributed by atoms with Crippen LogP contribution in [0.1, 0.15) is 25.5 Å². The van der Waals surface area contributed by atoms with E-state index in [0.717, 1.165) is 25.6 Å². The van der Waals surface area contributed by atoms with Crippen molar-refractivity contribution in [2.75, 3.05) is 26.2 Å². The van der Waals surface area contributed by atoms with Gasteiger partial charge in [0.1, 0.15) is 4.90 Å². The first kappa shape index (κ1) is 14.5. The zero-order chi connectivity index (χ0) is 13.9. The molecule has 1 aliphatic heterocycles. The van der Waals surface area contributed by atoms with Crippen LogP contribution >= 0.6 is 0 Å². The summed E-state index contributed by atoms with van der Waals surface area (Å²) in [5.41, 5.74) is 0.569. The second-order valence-corrected chi connectivity index (χ2v) is 7.02. The number of H-pyrrole nitrogens is 1. The van der Waals surface area contributed by atoms with E-state index in [4.69, 9.17) is 0 Å². The molecule has 7 heteroatoms. The third-order valence-electron chi connectivity index (χ3n) is 3.67. The molecule has 0 amide bonds. The van der Waals surface area contributed by atoms with Crippen LogP contribution in [0.25, 0.3) is 0 Å². The smallest absolute Gasteiger partial charge is 0.243 e. The van der Waals surface area contributed by atoms with Gasteiger partial charge >= 0.3 is 0 Å². The number of likely N-dealkylation sites (tertiary alicyclic amines) is 1. The third kappa shape index (κ3) is 3.77. The third-order valence-corrected chi connectivity index (χ3v) is 5.24. The van der Waals surface area contributed by atoms with Gasteiger partial charge in [-0.1, -0.05) is 6.92 Å². The van der Waals surface area contributed by atoms with Gasteiger partial charge in [0.25, 0.3) is 0 Å². The molecule has 19 heavy (non-hydrogen) atoms. The Morgan fingerprint density at radius 3 is 2.74 bits per heavy atom. The molecule has 0 spiro atoms. The molecular formula is C12H22N4O2S. The molecule has 0 radical (unpaired) electrons. The van der Waals surface area contributed by atoms with Crippen molar-refractivity contribution in [3.63, 3.8) is 0 Å². The minimum Gasteiger partial charge on any atom is -0.302 e. The highest BCUT2D eigenvalue weighted by molar-refractivity contribution is 7.89. The lowest BCUT2D eigenvalue weighted by Crippen LogP contribution is -2.39. The summed E-state index contributed by atoms with van der Waals surface area (Å²) in [6.07, 6.45) is 3.75. The standard InChI is InChI=1S/C12H22N4O2S/c1-10-3-6-16(7-4-10)8-5-14-19(17,18)12-9-13-15-11(12)2/h9-10,14H,3-8H2,1-2H3,(H,13,15). The van der Waals surface area contributed by atoms with Gasteiger partial charge in [0.15, 0.2) is 0 Å². The van der Waals surface area contributed by atoms with Crippen LogP contribution in [0.3, 0.4) is 0 Å². The Bertz CT molecular complexity index is 504. The number of hydrogen-bond acceptors (Lipinski definition) is 4. The highest BCUT2D eigenvalue weighted by atomic mass is 32.2. The maximum Gasteiger partial charge on any atom is 0.243 e. The Hall–Kier alpha value is -0.920. The molecule has 1 aromatic rings. The molecule has 6 nitrogen and oxygen atoms in total. The second kappa shape index (κ2) is 6.02. The van der Waals surface area contributed by atoms with Crippen LogP contribution < -0.4 is 4.72 Å². The van der Waals surface area contributed by atoms with Crippen molar-refractivity contribution in [2.45, 2.75) is 31.6 Å². The quantitative estimate of drug-likeness (QED) is 0.836. The number of nitrogens with one attached hydrogen (secondary N) is 2. The summed E-state index contributed by atoms with van der Waals surface area (Å²) in [5, 5.41) is 6.38. The molecule has 0 atom stereocenters. The number of aryl methyl sites for hydroxylation is 1. The summed E-state index contributed by atoms with van der Waals surface area (Å²) in [7, 11) is -3.43. The molecule has 2 N–H and O–H groups in total. The zero-order valence-electron chi connectivity index (χ0n) is 11.5. The van der Waals surface area contributed by atoms with Crippen LogP contribution in [0, 0.1) is 12.8 Å². The van der Waals surface area contributed by atoms with Crippen LogP contribution in [0.15, 0.2) is 11.1 Å². The summed E-state index contributed by atoms with van der Waals surface area (Å²) >= 11 is 0. The van der Waals surface area contributed by atoms with Gasteiger partial charge < -0.3 is 4.90 Å². The van der Waals surface area contributed by atoms with Crippen LogP contribution in [0.4, 0.5) is 0 Å². The lowest BCUT2D eigenvalue weighted by atomic mass is 9.99. The molecule has 0 bridgehead atoms. The number of sulfonamides is 1. The molecular weight excluding hydrogens is 264 g/mol. The minimum atomic E-state index is -3.43. The normalized spacial score (nSPS) is 18.8. The molecule has 0 unspecified atom stereocenters. The number of rotatable bonds is 5. The van der Waals surface area contributed by atoms with Crippen molar-refractivity contribution >= 4 is 10.0 Å². The van der Waals surface area contributed by atoms with E-state index >= 15 is 0 Å². The average Bonchev–Trinajstić information content (AvgIpc) is 2.79. The molecule has 0 aromatic carbocycles. The fourth-order valence-corrected chi connectivity index (χ4v) is 3.47. The van der Waals surface area contributed by atoms with Gasteiger partial charge in [-0.2, -0.15) is 5.10 Å². The minimum absolute atomic E-state index is 0.236. The molecule has 1 aliphatic rings. The summed E-state index contributed by atoms with van der Waals surface area (Å²) in [6, 6.07) is 0. The first-order valence-electron chi connectivity index (χ1n) is 6.71. The van der Waals surface area contributed by atoms with Gasteiger partial charge in [0.2, 0.25) is 10.0 Å². The van der Waals surface area contributed by atoms with Crippen molar-refractivity contribution in [3.05, 3.63) is 11.9 Å². The van der Waals surface area contributed by atoms with E-state index in [9.17, 15) is 8.42 Å². The van der Waals surface area contributed by atoms with Crippen molar-refractivity contribution < 1.29 is 8.42 Å². The number of hydrogen-bond donors (Lipinski definition) is 2. The van der Waals surface area contributed by atoms with Gasteiger partial charge in [-0.05, 0) is 38.8 Å². The molecule has 2 rings (SSSR count). The molecule has 0 saturated carbocycles. The summed E-state index contributed by atoms with van der Waals surface area (Å²) in [4.78, 5) is 2.55. The molecule has 1 saturated heterocycles. The highest BCUT2D eigenvalue weighted by Gasteiger charge is 2.19. The molecule has 0 aliphatic carbocycles. The average molecular weight is 286 g/mol. The highest BCUT2D eigenvalue weighted by Crippen LogP contribution is 2.15. The lowest BCUT2D eigenvalue weighted by Gasteiger charge is -2.30. The van der Waals surface area contributed by atoms with E-state index < -0.39 is 10.0 Å². The van der Waals surface area contributed by atoms with E-state index in [0.29, 0.717) is 12.2 Å². The predicted octanol–water partition coefficient (Wildman–Crippen LogP) is 0.728. The Kier molecular flexibility index (Phi) is 4.59. The van der Waals surface area contributed by atoms with E-state index in [1.807, 2.05) is 0 Å². The summed E-state index contributed by atoms with van der Waals surface area (Å²) in [5.74, 6) is 0.793. The van der Waals surface area contributed by atoms with Crippen molar-refractivity contribution in [1.29, 1.82) is 0 Å². The van der Waals surface area contributed by atoms with Gasteiger partial charge in [0, 0.05) is 13.1 Å².